The molecule has 0 saturated heterocycles. The zero-order chi connectivity index (χ0) is 26.0. The molecule has 35 heavy (non-hydrogen) atoms. The maximum atomic E-state index is 12.2. The lowest BCUT2D eigenvalue weighted by atomic mass is 9.97. The van der Waals surface area contributed by atoms with Crippen molar-refractivity contribution in [1.29, 1.82) is 0 Å². The molecule has 2 N–H and O–H groups in total. The smallest absolute Gasteiger partial charge is 0.414 e. The van der Waals surface area contributed by atoms with Gasteiger partial charge in [0, 0.05) is 38.2 Å². The third-order valence-corrected chi connectivity index (χ3v) is 4.72. The van der Waals surface area contributed by atoms with E-state index in [4.69, 9.17) is 14.2 Å². The summed E-state index contributed by atoms with van der Waals surface area (Å²) in [5, 5.41) is 5.49. The third kappa shape index (κ3) is 10.4. The Bertz CT molecular complexity index is 982. The van der Waals surface area contributed by atoms with Gasteiger partial charge in [-0.1, -0.05) is 12.1 Å². The molecular weight excluding hydrogens is 450 g/mol. The van der Waals surface area contributed by atoms with Gasteiger partial charge in [-0.05, 0) is 69.2 Å². The number of alkyl carbamates (subject to hydrolysis) is 1. The number of rotatable bonds is 9. The molecule has 0 radical (unpaired) electrons. The summed E-state index contributed by atoms with van der Waals surface area (Å²) < 4.78 is 16.6. The minimum atomic E-state index is -0.492. The Balaban J connectivity index is 2.03. The van der Waals surface area contributed by atoms with Crippen LogP contribution in [0.3, 0.4) is 0 Å². The first-order valence-electron chi connectivity index (χ1n) is 11.4. The van der Waals surface area contributed by atoms with Crippen LogP contribution in [0.2, 0.25) is 0 Å². The van der Waals surface area contributed by atoms with Gasteiger partial charge < -0.3 is 29.7 Å². The van der Waals surface area contributed by atoms with Crippen LogP contribution >= 0.6 is 0 Å². The molecule has 0 heterocycles. The number of benzene rings is 2. The van der Waals surface area contributed by atoms with Crippen molar-refractivity contribution in [1.82, 2.24) is 10.2 Å². The van der Waals surface area contributed by atoms with Gasteiger partial charge in [0.1, 0.15) is 18.1 Å². The molecule has 2 aromatic carbocycles. The molecule has 0 aromatic heterocycles. The average Bonchev–Trinajstić information content (AvgIpc) is 2.76. The molecule has 9 heteroatoms. The zero-order valence-electron chi connectivity index (χ0n) is 21.2. The maximum Gasteiger partial charge on any atom is 0.414 e. The van der Waals surface area contributed by atoms with E-state index in [-0.39, 0.29) is 18.4 Å². The molecule has 2 aromatic rings. The van der Waals surface area contributed by atoms with E-state index in [1.165, 1.54) is 11.8 Å². The van der Waals surface area contributed by atoms with Crippen molar-refractivity contribution in [2.24, 2.45) is 0 Å². The number of amides is 3. The second kappa shape index (κ2) is 12.6. The van der Waals surface area contributed by atoms with Crippen LogP contribution in [0, 0.1) is 0 Å². The van der Waals surface area contributed by atoms with E-state index in [0.29, 0.717) is 30.2 Å². The molecule has 0 bridgehead atoms. The summed E-state index contributed by atoms with van der Waals surface area (Å²) in [6, 6.07) is 14.2. The quantitative estimate of drug-likeness (QED) is 0.529. The Morgan fingerprint density at radius 1 is 0.943 bits per heavy atom. The fourth-order valence-electron chi connectivity index (χ4n) is 3.02. The summed E-state index contributed by atoms with van der Waals surface area (Å²) in [6.45, 7) is 7.63. The molecule has 0 saturated carbocycles. The van der Waals surface area contributed by atoms with Gasteiger partial charge in [-0.2, -0.15) is 0 Å². The third-order valence-electron chi connectivity index (χ3n) is 4.72. The molecule has 0 aliphatic heterocycles. The monoisotopic (exact) mass is 485 g/mol. The molecule has 0 aliphatic carbocycles. The number of ether oxygens (including phenoxy) is 3. The molecule has 190 valence electrons. The Labute approximate surface area is 206 Å². The van der Waals surface area contributed by atoms with Crippen LogP contribution in [0.5, 0.6) is 11.5 Å². The molecule has 1 atom stereocenters. The first-order valence-corrected chi connectivity index (χ1v) is 11.4. The van der Waals surface area contributed by atoms with E-state index in [2.05, 4.69) is 10.6 Å². The molecular formula is C26H35N3O6. The summed E-state index contributed by atoms with van der Waals surface area (Å²) in [5.41, 5.74) is 1.20. The van der Waals surface area contributed by atoms with E-state index in [0.717, 1.165) is 5.56 Å². The number of nitrogens with zero attached hydrogens (tertiary/aromatic N) is 1. The van der Waals surface area contributed by atoms with Gasteiger partial charge in [0.05, 0.1) is 6.61 Å². The molecule has 0 aliphatic rings. The van der Waals surface area contributed by atoms with Crippen LogP contribution in [0.15, 0.2) is 48.5 Å². The SMILES string of the molecule is CC(=O)Nc1ccc(OCCC(COC(=O)NC(C)(C)C)c2ccc(OC(=O)N(C)C)cc2)cc1. The standard InChI is InChI=1S/C26H35N3O6/c1-18(30)27-21-9-13-22(14-10-21)33-16-15-20(17-34-24(31)28-26(2,3)4)19-7-11-23(12-8-19)35-25(32)29(5)6/h7-14,20H,15-17H2,1-6H3,(H,27,30)(H,28,31). The van der Waals surface area contributed by atoms with Gasteiger partial charge in [0.2, 0.25) is 5.91 Å². The number of anilines is 1. The zero-order valence-corrected chi connectivity index (χ0v) is 21.2. The van der Waals surface area contributed by atoms with E-state index in [1.807, 2.05) is 32.9 Å². The topological polar surface area (TPSA) is 106 Å². The highest BCUT2D eigenvalue weighted by Crippen LogP contribution is 2.24. The summed E-state index contributed by atoms with van der Waals surface area (Å²) in [7, 11) is 3.22. The molecule has 9 nitrogen and oxygen atoms in total. The highest BCUT2D eigenvalue weighted by molar-refractivity contribution is 5.88. The Morgan fingerprint density at radius 3 is 2.09 bits per heavy atom. The van der Waals surface area contributed by atoms with Gasteiger partial charge in [-0.25, -0.2) is 9.59 Å². The van der Waals surface area contributed by atoms with Crippen molar-refractivity contribution in [2.45, 2.75) is 45.6 Å². The fraction of sp³-hybridized carbons (Fsp3) is 0.423. The molecule has 2 rings (SSSR count). The van der Waals surface area contributed by atoms with Crippen LogP contribution in [-0.2, 0) is 9.53 Å². The summed E-state index contributed by atoms with van der Waals surface area (Å²) in [6.07, 6.45) is -0.379. The molecule has 1 unspecified atom stereocenters. The van der Waals surface area contributed by atoms with Gasteiger partial charge in [0.15, 0.2) is 0 Å². The van der Waals surface area contributed by atoms with Crippen molar-refractivity contribution in [3.63, 3.8) is 0 Å². The van der Waals surface area contributed by atoms with Crippen LogP contribution < -0.4 is 20.1 Å². The summed E-state index contributed by atoms with van der Waals surface area (Å²) >= 11 is 0. The van der Waals surface area contributed by atoms with Crippen molar-refractivity contribution in [2.75, 3.05) is 32.6 Å². The van der Waals surface area contributed by atoms with E-state index in [9.17, 15) is 14.4 Å². The minimum absolute atomic E-state index is 0.139. The number of hydrogen-bond donors (Lipinski definition) is 2. The summed E-state index contributed by atoms with van der Waals surface area (Å²) in [4.78, 5) is 36.5. The van der Waals surface area contributed by atoms with Crippen LogP contribution in [0.4, 0.5) is 15.3 Å². The lowest BCUT2D eigenvalue weighted by Gasteiger charge is -2.22. The lowest BCUT2D eigenvalue weighted by Crippen LogP contribution is -2.41. The maximum absolute atomic E-state index is 12.2. The van der Waals surface area contributed by atoms with Crippen molar-refractivity contribution in [3.8, 4) is 11.5 Å². The molecule has 3 amide bonds. The largest absolute Gasteiger partial charge is 0.494 e. The van der Waals surface area contributed by atoms with Crippen molar-refractivity contribution < 1.29 is 28.6 Å². The Morgan fingerprint density at radius 2 is 1.54 bits per heavy atom. The van der Waals surface area contributed by atoms with E-state index >= 15 is 0 Å². The van der Waals surface area contributed by atoms with Crippen LogP contribution in [-0.4, -0.2) is 55.8 Å². The normalized spacial score (nSPS) is 11.7. The Kier molecular flexibility index (Phi) is 9.93. The van der Waals surface area contributed by atoms with Gasteiger partial charge in [-0.3, -0.25) is 4.79 Å². The summed E-state index contributed by atoms with van der Waals surface area (Å²) in [5.74, 6) is 0.806. The molecule has 0 spiro atoms. The Hall–Kier alpha value is -3.75. The number of carbonyl (C=O) groups excluding carboxylic acids is 3. The van der Waals surface area contributed by atoms with Crippen molar-refractivity contribution >= 4 is 23.8 Å². The second-order valence-electron chi connectivity index (χ2n) is 9.34. The predicted molar refractivity (Wildman–Crippen MR) is 134 cm³/mol. The van der Waals surface area contributed by atoms with Gasteiger partial charge in [0.25, 0.3) is 0 Å². The van der Waals surface area contributed by atoms with Gasteiger partial charge in [-0.15, -0.1) is 0 Å². The van der Waals surface area contributed by atoms with Gasteiger partial charge >= 0.3 is 12.2 Å². The van der Waals surface area contributed by atoms with Crippen LogP contribution in [0.25, 0.3) is 0 Å². The first kappa shape index (κ1) is 27.5. The number of nitrogens with one attached hydrogen (secondary N) is 2. The minimum Gasteiger partial charge on any atom is -0.494 e. The lowest BCUT2D eigenvalue weighted by molar-refractivity contribution is -0.114. The van der Waals surface area contributed by atoms with Crippen LogP contribution in [0.1, 0.15) is 45.6 Å². The number of carbonyl (C=O) groups is 3. The van der Waals surface area contributed by atoms with Crippen molar-refractivity contribution in [3.05, 3.63) is 54.1 Å². The average molecular weight is 486 g/mol. The highest BCUT2D eigenvalue weighted by atomic mass is 16.6. The highest BCUT2D eigenvalue weighted by Gasteiger charge is 2.19. The molecule has 0 fully saturated rings. The first-order chi connectivity index (χ1) is 16.4. The second-order valence-corrected chi connectivity index (χ2v) is 9.34. The van der Waals surface area contributed by atoms with E-state index in [1.54, 1.807) is 50.5 Å². The predicted octanol–water partition coefficient (Wildman–Crippen LogP) is 4.78. The number of hydrogen-bond acceptors (Lipinski definition) is 6. The van der Waals surface area contributed by atoms with E-state index < -0.39 is 17.7 Å². The fourth-order valence-corrected chi connectivity index (χ4v) is 3.02.